The van der Waals surface area contributed by atoms with Gasteiger partial charge in [-0.05, 0) is 31.2 Å². The van der Waals surface area contributed by atoms with Gasteiger partial charge in [-0.15, -0.1) is 0 Å². The van der Waals surface area contributed by atoms with Gasteiger partial charge in [-0.2, -0.15) is 0 Å². The first-order valence-electron chi connectivity index (χ1n) is 8.60. The second-order valence-electron chi connectivity index (χ2n) is 5.65. The maximum Gasteiger partial charge on any atom is 0.286 e. The minimum absolute atomic E-state index is 0.0996. The van der Waals surface area contributed by atoms with Crippen LogP contribution in [0.25, 0.3) is 0 Å². The van der Waals surface area contributed by atoms with Gasteiger partial charge in [0.15, 0.2) is 11.5 Å². The first kappa shape index (κ1) is 20.2. The molecule has 1 amide bonds. The van der Waals surface area contributed by atoms with Gasteiger partial charge in [0.25, 0.3) is 11.6 Å². The number of benzene rings is 2. The number of rotatable bonds is 9. The Morgan fingerprint density at radius 1 is 1.19 bits per heavy atom. The molecule has 0 heterocycles. The van der Waals surface area contributed by atoms with Gasteiger partial charge in [0.1, 0.15) is 5.56 Å². The average Bonchev–Trinajstić information content (AvgIpc) is 2.66. The van der Waals surface area contributed by atoms with Crippen molar-refractivity contribution < 1.29 is 19.2 Å². The summed E-state index contributed by atoms with van der Waals surface area (Å²) in [4.78, 5) is 23.5. The van der Waals surface area contributed by atoms with E-state index in [2.05, 4.69) is 10.6 Å². The number of carbonyl (C=O) groups excluding carboxylic acids is 1. The average molecular weight is 373 g/mol. The summed E-state index contributed by atoms with van der Waals surface area (Å²) in [6.07, 6.45) is 0. The minimum Gasteiger partial charge on any atom is -0.493 e. The SMILES string of the molecule is CCNCc1cccc(NC(=O)c2cc(OC)c(OCC)cc2[N+](=O)[O-])c1. The molecule has 0 aromatic heterocycles. The molecule has 0 aliphatic carbocycles. The summed E-state index contributed by atoms with van der Waals surface area (Å²) >= 11 is 0. The summed E-state index contributed by atoms with van der Waals surface area (Å²) in [6, 6.07) is 9.82. The third-order valence-electron chi connectivity index (χ3n) is 3.79. The smallest absolute Gasteiger partial charge is 0.286 e. The van der Waals surface area contributed by atoms with Gasteiger partial charge in [-0.1, -0.05) is 19.1 Å². The number of amides is 1. The largest absolute Gasteiger partial charge is 0.493 e. The fourth-order valence-corrected chi connectivity index (χ4v) is 2.54. The van der Waals surface area contributed by atoms with Crippen molar-refractivity contribution in [2.45, 2.75) is 20.4 Å². The highest BCUT2D eigenvalue weighted by Gasteiger charge is 2.25. The standard InChI is InChI=1S/C19H23N3O5/c1-4-20-12-13-7-6-8-14(9-13)21-19(23)15-10-17(26-3)18(27-5-2)11-16(15)22(24)25/h6-11,20H,4-5,12H2,1-3H3,(H,21,23). The number of nitro groups is 1. The molecule has 0 radical (unpaired) electrons. The van der Waals surface area contributed by atoms with Crippen LogP contribution in [0.4, 0.5) is 11.4 Å². The summed E-state index contributed by atoms with van der Waals surface area (Å²) in [6.45, 7) is 5.57. The van der Waals surface area contributed by atoms with Crippen molar-refractivity contribution in [2.75, 3.05) is 25.6 Å². The summed E-state index contributed by atoms with van der Waals surface area (Å²) in [5.41, 5.74) is 1.10. The van der Waals surface area contributed by atoms with Gasteiger partial charge >= 0.3 is 0 Å². The highest BCUT2D eigenvalue weighted by Crippen LogP contribution is 2.35. The zero-order valence-electron chi connectivity index (χ0n) is 15.6. The predicted octanol–water partition coefficient (Wildman–Crippen LogP) is 3.36. The van der Waals surface area contributed by atoms with E-state index in [1.165, 1.54) is 19.2 Å². The van der Waals surface area contributed by atoms with Gasteiger partial charge in [0.05, 0.1) is 24.7 Å². The lowest BCUT2D eigenvalue weighted by Crippen LogP contribution is -2.15. The van der Waals surface area contributed by atoms with Gasteiger partial charge in [-0.25, -0.2) is 0 Å². The fraction of sp³-hybridized carbons (Fsp3) is 0.316. The van der Waals surface area contributed by atoms with Crippen LogP contribution in [-0.4, -0.2) is 31.1 Å². The minimum atomic E-state index is -0.613. The third kappa shape index (κ3) is 5.18. The Morgan fingerprint density at radius 2 is 1.96 bits per heavy atom. The normalized spacial score (nSPS) is 10.3. The summed E-state index contributed by atoms with van der Waals surface area (Å²) in [7, 11) is 1.41. The number of nitro benzene ring substituents is 1. The van der Waals surface area contributed by atoms with Crippen LogP contribution in [0.2, 0.25) is 0 Å². The van der Waals surface area contributed by atoms with Gasteiger partial charge in [-0.3, -0.25) is 14.9 Å². The van der Waals surface area contributed by atoms with Crippen LogP contribution in [0.5, 0.6) is 11.5 Å². The highest BCUT2D eigenvalue weighted by atomic mass is 16.6. The van der Waals surface area contributed by atoms with Crippen molar-refractivity contribution in [1.29, 1.82) is 0 Å². The molecule has 2 aromatic rings. The highest BCUT2D eigenvalue weighted by molar-refractivity contribution is 6.07. The second kappa shape index (κ2) is 9.54. The second-order valence-corrected chi connectivity index (χ2v) is 5.65. The molecule has 0 fully saturated rings. The molecule has 0 unspecified atom stereocenters. The molecule has 0 saturated heterocycles. The van der Waals surface area contributed by atoms with E-state index in [0.29, 0.717) is 18.8 Å². The third-order valence-corrected chi connectivity index (χ3v) is 3.79. The van der Waals surface area contributed by atoms with Crippen LogP contribution in [0, 0.1) is 10.1 Å². The Bertz CT molecular complexity index is 823. The molecular weight excluding hydrogens is 350 g/mol. The van der Waals surface area contributed by atoms with E-state index in [-0.39, 0.29) is 22.7 Å². The Morgan fingerprint density at radius 3 is 2.59 bits per heavy atom. The van der Waals surface area contributed by atoms with E-state index in [0.717, 1.165) is 12.1 Å². The molecule has 0 bridgehead atoms. The maximum absolute atomic E-state index is 12.7. The van der Waals surface area contributed by atoms with Crippen molar-refractivity contribution in [1.82, 2.24) is 5.32 Å². The van der Waals surface area contributed by atoms with Crippen LogP contribution in [-0.2, 0) is 6.54 Å². The molecule has 0 aliphatic rings. The molecule has 2 aromatic carbocycles. The van der Waals surface area contributed by atoms with Gasteiger partial charge in [0.2, 0.25) is 0 Å². The maximum atomic E-state index is 12.7. The van der Waals surface area contributed by atoms with E-state index in [1.54, 1.807) is 13.0 Å². The number of anilines is 1. The van der Waals surface area contributed by atoms with Crippen LogP contribution < -0.4 is 20.1 Å². The van der Waals surface area contributed by atoms with E-state index in [4.69, 9.17) is 9.47 Å². The molecule has 8 nitrogen and oxygen atoms in total. The molecule has 0 atom stereocenters. The van der Waals surface area contributed by atoms with Crippen LogP contribution in [0.1, 0.15) is 29.8 Å². The van der Waals surface area contributed by atoms with Crippen molar-refractivity contribution in [2.24, 2.45) is 0 Å². The number of hydrogen-bond donors (Lipinski definition) is 2. The Balaban J connectivity index is 2.33. The molecular formula is C19H23N3O5. The monoisotopic (exact) mass is 373 g/mol. The van der Waals surface area contributed by atoms with E-state index in [1.807, 2.05) is 25.1 Å². The van der Waals surface area contributed by atoms with Crippen molar-refractivity contribution in [3.63, 3.8) is 0 Å². The number of methoxy groups -OCH3 is 1. The zero-order valence-corrected chi connectivity index (χ0v) is 15.6. The van der Waals surface area contributed by atoms with Crippen molar-refractivity contribution in [3.05, 3.63) is 57.6 Å². The van der Waals surface area contributed by atoms with Gasteiger partial charge in [0, 0.05) is 18.3 Å². The number of nitrogens with one attached hydrogen (secondary N) is 2. The summed E-state index contributed by atoms with van der Waals surface area (Å²) < 4.78 is 10.6. The predicted molar refractivity (Wildman–Crippen MR) is 103 cm³/mol. The number of nitrogens with zero attached hydrogens (tertiary/aromatic N) is 1. The molecule has 27 heavy (non-hydrogen) atoms. The molecule has 144 valence electrons. The van der Waals surface area contributed by atoms with Crippen molar-refractivity contribution >= 4 is 17.3 Å². The van der Waals surface area contributed by atoms with Gasteiger partial charge < -0.3 is 20.1 Å². The lowest BCUT2D eigenvalue weighted by molar-refractivity contribution is -0.385. The molecule has 8 heteroatoms. The Labute approximate surface area is 157 Å². The Hall–Kier alpha value is -3.13. The van der Waals surface area contributed by atoms with Crippen LogP contribution in [0.3, 0.4) is 0 Å². The lowest BCUT2D eigenvalue weighted by Gasteiger charge is -2.12. The molecule has 2 rings (SSSR count). The topological polar surface area (TPSA) is 103 Å². The number of hydrogen-bond acceptors (Lipinski definition) is 6. The van der Waals surface area contributed by atoms with E-state index >= 15 is 0 Å². The van der Waals surface area contributed by atoms with Crippen LogP contribution >= 0.6 is 0 Å². The molecule has 0 aliphatic heterocycles. The lowest BCUT2D eigenvalue weighted by atomic mass is 10.1. The summed E-state index contributed by atoms with van der Waals surface area (Å²) in [5.74, 6) is -0.118. The first-order valence-corrected chi connectivity index (χ1v) is 8.60. The zero-order chi connectivity index (χ0) is 19.8. The number of ether oxygens (including phenoxy) is 2. The van der Waals surface area contributed by atoms with Crippen LogP contribution in [0.15, 0.2) is 36.4 Å². The fourth-order valence-electron chi connectivity index (χ4n) is 2.54. The first-order chi connectivity index (χ1) is 13.0. The quantitative estimate of drug-likeness (QED) is 0.516. The molecule has 0 spiro atoms. The molecule has 0 saturated carbocycles. The Kier molecular flexibility index (Phi) is 7.13. The van der Waals surface area contributed by atoms with Crippen molar-refractivity contribution in [3.8, 4) is 11.5 Å². The van der Waals surface area contributed by atoms with E-state index in [9.17, 15) is 14.9 Å². The molecule has 2 N–H and O–H groups in total. The number of carbonyl (C=O) groups is 1. The summed E-state index contributed by atoms with van der Waals surface area (Å²) in [5, 5.41) is 17.3. The van der Waals surface area contributed by atoms with E-state index < -0.39 is 10.8 Å².